The van der Waals surface area contributed by atoms with Gasteiger partial charge in [-0.15, -0.1) is 0 Å². The van der Waals surface area contributed by atoms with Gasteiger partial charge in [-0.25, -0.2) is 8.42 Å². The Balaban J connectivity index is 1.88. The monoisotopic (exact) mass is 340 g/mol. The molecule has 0 amide bonds. The van der Waals surface area contributed by atoms with Gasteiger partial charge in [-0.1, -0.05) is 36.4 Å². The zero-order valence-electron chi connectivity index (χ0n) is 12.7. The number of anilines is 2. The molecular weight excluding hydrogens is 324 g/mol. The van der Waals surface area contributed by atoms with E-state index in [0.717, 1.165) is 11.1 Å². The lowest BCUT2D eigenvalue weighted by molar-refractivity contribution is 0.475. The summed E-state index contributed by atoms with van der Waals surface area (Å²) in [5.41, 5.74) is 8.55. The fourth-order valence-electron chi connectivity index (χ4n) is 2.36. The van der Waals surface area contributed by atoms with E-state index in [1.54, 1.807) is 30.3 Å². The molecule has 0 aliphatic heterocycles. The molecule has 5 nitrogen and oxygen atoms in total. The van der Waals surface area contributed by atoms with Crippen LogP contribution in [0.2, 0.25) is 0 Å². The zero-order chi connectivity index (χ0) is 17.2. The van der Waals surface area contributed by atoms with Gasteiger partial charge >= 0.3 is 0 Å². The molecule has 24 heavy (non-hydrogen) atoms. The van der Waals surface area contributed by atoms with E-state index in [4.69, 9.17) is 5.73 Å². The van der Waals surface area contributed by atoms with E-state index in [1.807, 2.05) is 18.2 Å². The van der Waals surface area contributed by atoms with Crippen molar-refractivity contribution in [2.45, 2.75) is 4.90 Å². The Morgan fingerprint density at radius 2 is 1.58 bits per heavy atom. The van der Waals surface area contributed by atoms with Gasteiger partial charge in [-0.05, 0) is 35.9 Å². The highest BCUT2D eigenvalue weighted by molar-refractivity contribution is 7.92. The van der Waals surface area contributed by atoms with Crippen LogP contribution in [0.4, 0.5) is 11.4 Å². The zero-order valence-corrected chi connectivity index (χ0v) is 13.5. The van der Waals surface area contributed by atoms with Crippen LogP contribution < -0.4 is 10.5 Å². The molecule has 122 valence electrons. The highest BCUT2D eigenvalue weighted by Crippen LogP contribution is 2.27. The van der Waals surface area contributed by atoms with Crippen molar-refractivity contribution in [3.05, 3.63) is 72.8 Å². The quantitative estimate of drug-likeness (QED) is 0.634. The number of nitrogens with two attached hydrogens (primary N) is 1. The summed E-state index contributed by atoms with van der Waals surface area (Å²) < 4.78 is 27.3. The van der Waals surface area contributed by atoms with Crippen molar-refractivity contribution in [2.75, 3.05) is 10.5 Å². The van der Waals surface area contributed by atoms with Crippen LogP contribution in [0, 0.1) is 0 Å². The molecule has 0 unspecified atom stereocenters. The number of hydrogen-bond acceptors (Lipinski definition) is 4. The molecular formula is C18H16N2O3S. The van der Waals surface area contributed by atoms with Crippen molar-refractivity contribution in [2.24, 2.45) is 0 Å². The van der Waals surface area contributed by atoms with Gasteiger partial charge in [-0.3, -0.25) is 4.72 Å². The van der Waals surface area contributed by atoms with Crippen LogP contribution in [0.3, 0.4) is 0 Å². The van der Waals surface area contributed by atoms with Gasteiger partial charge in [0.25, 0.3) is 10.0 Å². The third-order valence-electron chi connectivity index (χ3n) is 3.53. The summed E-state index contributed by atoms with van der Waals surface area (Å²) in [7, 11) is -3.73. The first-order valence-electron chi connectivity index (χ1n) is 7.22. The summed E-state index contributed by atoms with van der Waals surface area (Å²) in [6, 6.07) is 19.8. The molecule has 0 fully saturated rings. The maximum absolute atomic E-state index is 12.4. The van der Waals surface area contributed by atoms with Crippen LogP contribution in [0.15, 0.2) is 77.7 Å². The number of phenolic OH excluding ortho intramolecular Hbond substituents is 1. The predicted octanol–water partition coefficient (Wildman–Crippen LogP) is 3.44. The van der Waals surface area contributed by atoms with E-state index in [2.05, 4.69) is 4.72 Å². The minimum absolute atomic E-state index is 0.00917. The standard InChI is InChI=1S/C18H16N2O3S/c19-18-7-2-1-6-17(18)13-8-10-16(11-9-13)24(22,23)20-14-4-3-5-15(21)12-14/h1-12,20-21H,19H2. The molecule has 0 aromatic heterocycles. The topological polar surface area (TPSA) is 92.4 Å². The molecule has 0 atom stereocenters. The maximum Gasteiger partial charge on any atom is 0.261 e. The molecule has 0 saturated heterocycles. The molecule has 6 heteroatoms. The van der Waals surface area contributed by atoms with E-state index in [0.29, 0.717) is 11.4 Å². The lowest BCUT2D eigenvalue weighted by Crippen LogP contribution is -2.12. The summed E-state index contributed by atoms with van der Waals surface area (Å²) in [4.78, 5) is 0.129. The lowest BCUT2D eigenvalue weighted by atomic mass is 10.0. The smallest absolute Gasteiger partial charge is 0.261 e. The maximum atomic E-state index is 12.4. The molecule has 0 bridgehead atoms. The Bertz CT molecular complexity index is 968. The van der Waals surface area contributed by atoms with E-state index >= 15 is 0 Å². The first-order chi connectivity index (χ1) is 11.5. The van der Waals surface area contributed by atoms with E-state index in [1.165, 1.54) is 24.3 Å². The van der Waals surface area contributed by atoms with Crippen LogP contribution in [0.25, 0.3) is 11.1 Å². The minimum Gasteiger partial charge on any atom is -0.508 e. The first kappa shape index (κ1) is 15.9. The lowest BCUT2D eigenvalue weighted by Gasteiger charge is -2.10. The number of aromatic hydroxyl groups is 1. The third kappa shape index (κ3) is 3.33. The van der Waals surface area contributed by atoms with Crippen molar-refractivity contribution in [3.8, 4) is 16.9 Å². The Hall–Kier alpha value is -2.99. The number of sulfonamides is 1. The Labute approximate surface area is 140 Å². The molecule has 0 aliphatic carbocycles. The summed E-state index contributed by atoms with van der Waals surface area (Å²) in [5.74, 6) is -0.00917. The van der Waals surface area contributed by atoms with Gasteiger partial charge < -0.3 is 10.8 Å². The molecule has 0 radical (unpaired) electrons. The fraction of sp³-hybridized carbons (Fsp3) is 0. The molecule has 0 saturated carbocycles. The summed E-state index contributed by atoms with van der Waals surface area (Å²) in [6.45, 7) is 0. The Morgan fingerprint density at radius 1 is 0.875 bits per heavy atom. The van der Waals surface area contributed by atoms with Crippen molar-refractivity contribution >= 4 is 21.4 Å². The number of hydrogen-bond donors (Lipinski definition) is 3. The number of benzene rings is 3. The Morgan fingerprint density at radius 3 is 2.25 bits per heavy atom. The second-order valence-electron chi connectivity index (χ2n) is 5.27. The SMILES string of the molecule is Nc1ccccc1-c1ccc(S(=O)(=O)Nc2cccc(O)c2)cc1. The normalized spacial score (nSPS) is 11.2. The molecule has 3 aromatic carbocycles. The number of nitrogen functional groups attached to an aromatic ring is 1. The summed E-state index contributed by atoms with van der Waals surface area (Å²) in [5, 5.41) is 9.42. The molecule has 3 rings (SSSR count). The van der Waals surface area contributed by atoms with Gasteiger partial charge in [0, 0.05) is 17.3 Å². The minimum atomic E-state index is -3.73. The second kappa shape index (κ2) is 6.25. The van der Waals surface area contributed by atoms with Crippen molar-refractivity contribution in [1.82, 2.24) is 0 Å². The first-order valence-corrected chi connectivity index (χ1v) is 8.71. The Kier molecular flexibility index (Phi) is 4.14. The van der Waals surface area contributed by atoms with Crippen LogP contribution in [0.5, 0.6) is 5.75 Å². The highest BCUT2D eigenvalue weighted by Gasteiger charge is 2.14. The summed E-state index contributed by atoms with van der Waals surface area (Å²) >= 11 is 0. The number of para-hydroxylation sites is 1. The molecule has 0 aliphatic rings. The van der Waals surface area contributed by atoms with Gasteiger partial charge in [0.05, 0.1) is 10.6 Å². The van der Waals surface area contributed by atoms with Crippen LogP contribution in [-0.2, 0) is 10.0 Å². The van der Waals surface area contributed by atoms with E-state index in [-0.39, 0.29) is 10.6 Å². The van der Waals surface area contributed by atoms with Crippen LogP contribution in [0.1, 0.15) is 0 Å². The molecule has 3 aromatic rings. The van der Waals surface area contributed by atoms with E-state index in [9.17, 15) is 13.5 Å². The largest absolute Gasteiger partial charge is 0.508 e. The summed E-state index contributed by atoms with van der Waals surface area (Å²) in [6.07, 6.45) is 0. The van der Waals surface area contributed by atoms with Crippen LogP contribution in [-0.4, -0.2) is 13.5 Å². The highest BCUT2D eigenvalue weighted by atomic mass is 32.2. The van der Waals surface area contributed by atoms with Gasteiger partial charge in [0.2, 0.25) is 0 Å². The van der Waals surface area contributed by atoms with Gasteiger partial charge in [0.1, 0.15) is 5.75 Å². The van der Waals surface area contributed by atoms with Crippen molar-refractivity contribution in [3.63, 3.8) is 0 Å². The molecule has 4 N–H and O–H groups in total. The predicted molar refractivity (Wildman–Crippen MR) is 95.2 cm³/mol. The molecule has 0 spiro atoms. The van der Waals surface area contributed by atoms with Gasteiger partial charge in [0.15, 0.2) is 0 Å². The van der Waals surface area contributed by atoms with Crippen LogP contribution >= 0.6 is 0 Å². The average Bonchev–Trinajstić information content (AvgIpc) is 2.55. The second-order valence-corrected chi connectivity index (χ2v) is 6.95. The average molecular weight is 340 g/mol. The number of nitrogens with one attached hydrogen (secondary N) is 1. The van der Waals surface area contributed by atoms with Gasteiger partial charge in [-0.2, -0.15) is 0 Å². The van der Waals surface area contributed by atoms with Crippen molar-refractivity contribution in [1.29, 1.82) is 0 Å². The van der Waals surface area contributed by atoms with Crippen molar-refractivity contribution < 1.29 is 13.5 Å². The fourth-order valence-corrected chi connectivity index (χ4v) is 3.41. The number of phenols is 1. The molecule has 0 heterocycles. The third-order valence-corrected chi connectivity index (χ3v) is 4.93. The number of rotatable bonds is 4. The van der Waals surface area contributed by atoms with E-state index < -0.39 is 10.0 Å².